The average Bonchev–Trinajstić information content (AvgIpc) is 2.89. The Morgan fingerprint density at radius 2 is 2.00 bits per heavy atom. The zero-order chi connectivity index (χ0) is 15.0. The number of carbonyl (C=O) groups excluding carboxylic acids is 2. The van der Waals surface area contributed by atoms with Crippen molar-refractivity contribution in [2.45, 2.75) is 18.9 Å². The smallest absolute Gasteiger partial charge is 0.295 e. The minimum Gasteiger partial charge on any atom is -0.333 e. The normalized spacial score (nSPS) is 25.9. The lowest BCUT2D eigenvalue weighted by molar-refractivity contribution is -0.143. The molecule has 112 valence electrons. The van der Waals surface area contributed by atoms with Gasteiger partial charge in [-0.2, -0.15) is 0 Å². The molecule has 3 aliphatic rings. The number of amides is 1. The van der Waals surface area contributed by atoms with Gasteiger partial charge in [0.05, 0.1) is 11.9 Å². The van der Waals surface area contributed by atoms with Crippen LogP contribution < -0.4 is 0 Å². The molecule has 0 aromatic heterocycles. The monoisotopic (exact) mass is 291 g/mol. The minimum absolute atomic E-state index is 0.194. The number of fused-ring (bicyclic) bond motifs is 1. The SMILES string of the molecule is CN1CCN(C(=O)C(=O)C2=C3CC=C(F)CC3N=C2)CC1. The third kappa shape index (κ3) is 2.68. The van der Waals surface area contributed by atoms with Crippen LogP contribution in [0.5, 0.6) is 0 Å². The Kier molecular flexibility index (Phi) is 3.71. The predicted octanol–water partition coefficient (Wildman–Crippen LogP) is 0.726. The van der Waals surface area contributed by atoms with E-state index in [4.69, 9.17) is 0 Å². The number of hydrogen-bond donors (Lipinski definition) is 0. The number of Topliss-reactive ketones (excluding diaryl/α,β-unsaturated/α-hetero) is 1. The van der Waals surface area contributed by atoms with Crippen molar-refractivity contribution in [2.24, 2.45) is 4.99 Å². The highest BCUT2D eigenvalue weighted by atomic mass is 19.1. The van der Waals surface area contributed by atoms with Crippen LogP contribution in [-0.2, 0) is 9.59 Å². The second-order valence-corrected chi connectivity index (χ2v) is 5.72. The fraction of sp³-hybridized carbons (Fsp3) is 0.533. The van der Waals surface area contributed by atoms with E-state index in [-0.39, 0.29) is 18.3 Å². The van der Waals surface area contributed by atoms with Gasteiger partial charge < -0.3 is 9.80 Å². The lowest BCUT2D eigenvalue weighted by Crippen LogP contribution is -2.49. The quantitative estimate of drug-likeness (QED) is 0.705. The number of carbonyl (C=O) groups is 2. The van der Waals surface area contributed by atoms with Crippen LogP contribution in [0.15, 0.2) is 28.0 Å². The van der Waals surface area contributed by atoms with Gasteiger partial charge in [-0.05, 0) is 25.1 Å². The Balaban J connectivity index is 1.75. The zero-order valence-electron chi connectivity index (χ0n) is 12.0. The lowest BCUT2D eigenvalue weighted by Gasteiger charge is -2.32. The van der Waals surface area contributed by atoms with Crippen LogP contribution in [0.25, 0.3) is 0 Å². The molecule has 2 heterocycles. The van der Waals surface area contributed by atoms with Gasteiger partial charge in [-0.15, -0.1) is 0 Å². The topological polar surface area (TPSA) is 53.0 Å². The van der Waals surface area contributed by atoms with E-state index in [1.807, 2.05) is 7.05 Å². The maximum Gasteiger partial charge on any atom is 0.295 e. The molecule has 1 atom stereocenters. The number of likely N-dealkylation sites (N-methyl/N-ethyl adjacent to an activating group) is 1. The summed E-state index contributed by atoms with van der Waals surface area (Å²) in [5.41, 5.74) is 1.15. The predicted molar refractivity (Wildman–Crippen MR) is 76.8 cm³/mol. The van der Waals surface area contributed by atoms with E-state index in [2.05, 4.69) is 9.89 Å². The highest BCUT2D eigenvalue weighted by Gasteiger charge is 2.33. The van der Waals surface area contributed by atoms with E-state index in [1.54, 1.807) is 4.90 Å². The summed E-state index contributed by atoms with van der Waals surface area (Å²) in [6, 6.07) is -0.297. The van der Waals surface area contributed by atoms with Crippen molar-refractivity contribution < 1.29 is 14.0 Å². The first kappa shape index (κ1) is 14.1. The number of halogens is 1. The van der Waals surface area contributed by atoms with Crippen LogP contribution in [-0.4, -0.2) is 67.0 Å². The summed E-state index contributed by atoms with van der Waals surface area (Å²) in [5, 5.41) is 0. The van der Waals surface area contributed by atoms with Crippen molar-refractivity contribution in [3.8, 4) is 0 Å². The van der Waals surface area contributed by atoms with Crippen LogP contribution in [0, 0.1) is 0 Å². The van der Waals surface area contributed by atoms with Gasteiger partial charge in [-0.1, -0.05) is 0 Å². The first-order chi connectivity index (χ1) is 10.1. The molecule has 2 aliphatic heterocycles. The van der Waals surface area contributed by atoms with E-state index in [0.717, 1.165) is 18.7 Å². The molecule has 0 bridgehead atoms. The van der Waals surface area contributed by atoms with Gasteiger partial charge in [0.25, 0.3) is 11.7 Å². The third-order valence-electron chi connectivity index (χ3n) is 4.29. The fourth-order valence-electron chi connectivity index (χ4n) is 2.90. The van der Waals surface area contributed by atoms with Crippen LogP contribution in [0.3, 0.4) is 0 Å². The maximum atomic E-state index is 13.2. The summed E-state index contributed by atoms with van der Waals surface area (Å²) in [6.45, 7) is 2.68. The third-order valence-corrected chi connectivity index (χ3v) is 4.29. The summed E-state index contributed by atoms with van der Waals surface area (Å²) in [7, 11) is 1.99. The molecule has 0 aromatic rings. The van der Waals surface area contributed by atoms with Crippen LogP contribution in [0.2, 0.25) is 0 Å². The summed E-state index contributed by atoms with van der Waals surface area (Å²) < 4.78 is 13.2. The number of piperazine rings is 1. The summed E-state index contributed by atoms with van der Waals surface area (Å²) in [5.74, 6) is -1.16. The van der Waals surface area contributed by atoms with Gasteiger partial charge in [0, 0.05) is 44.4 Å². The number of hydrogen-bond acceptors (Lipinski definition) is 4. The van der Waals surface area contributed by atoms with E-state index in [0.29, 0.717) is 25.1 Å². The Bertz CT molecular complexity index is 571. The van der Waals surface area contributed by atoms with Crippen molar-refractivity contribution in [1.29, 1.82) is 0 Å². The molecule has 5 nitrogen and oxygen atoms in total. The van der Waals surface area contributed by atoms with Gasteiger partial charge in [0.15, 0.2) is 0 Å². The molecule has 1 aliphatic carbocycles. The highest BCUT2D eigenvalue weighted by Crippen LogP contribution is 2.32. The van der Waals surface area contributed by atoms with Crippen LogP contribution in [0.1, 0.15) is 12.8 Å². The Labute approximate surface area is 122 Å². The molecule has 0 N–H and O–H groups in total. The Morgan fingerprint density at radius 1 is 1.29 bits per heavy atom. The molecule has 1 amide bonds. The molecule has 0 radical (unpaired) electrons. The van der Waals surface area contributed by atoms with Gasteiger partial charge in [0.2, 0.25) is 0 Å². The molecular formula is C15H18FN3O2. The fourth-order valence-corrected chi connectivity index (χ4v) is 2.90. The Morgan fingerprint density at radius 3 is 2.71 bits per heavy atom. The van der Waals surface area contributed by atoms with Gasteiger partial charge in [0.1, 0.15) is 0 Å². The van der Waals surface area contributed by atoms with Crippen molar-refractivity contribution in [3.63, 3.8) is 0 Å². The molecule has 3 rings (SSSR count). The largest absolute Gasteiger partial charge is 0.333 e. The molecule has 0 aromatic carbocycles. The van der Waals surface area contributed by atoms with Crippen molar-refractivity contribution in [3.05, 3.63) is 23.0 Å². The number of nitrogens with zero attached hydrogens (tertiary/aromatic N) is 3. The molecule has 1 unspecified atom stereocenters. The molecule has 21 heavy (non-hydrogen) atoms. The number of allylic oxidation sites excluding steroid dienone is 1. The van der Waals surface area contributed by atoms with E-state index >= 15 is 0 Å². The van der Waals surface area contributed by atoms with Crippen molar-refractivity contribution >= 4 is 17.9 Å². The van der Waals surface area contributed by atoms with Crippen LogP contribution >= 0.6 is 0 Å². The molecule has 1 fully saturated rings. The van der Waals surface area contributed by atoms with Crippen LogP contribution in [0.4, 0.5) is 4.39 Å². The highest BCUT2D eigenvalue weighted by molar-refractivity contribution is 6.47. The van der Waals surface area contributed by atoms with E-state index < -0.39 is 11.7 Å². The number of aliphatic imine (C=N–C) groups is 1. The molecule has 0 saturated carbocycles. The minimum atomic E-state index is -0.503. The Hall–Kier alpha value is -1.82. The standard InChI is InChI=1S/C15H18FN3O2/c1-18-4-6-19(7-5-18)15(21)14(20)12-9-17-13-8-10(16)2-3-11(12)13/h2,9,13H,3-8H2,1H3. The summed E-state index contributed by atoms with van der Waals surface area (Å²) in [4.78, 5) is 32.6. The number of rotatable bonds is 2. The summed E-state index contributed by atoms with van der Waals surface area (Å²) in [6.07, 6.45) is 3.48. The second kappa shape index (κ2) is 5.52. The van der Waals surface area contributed by atoms with Gasteiger partial charge in [-0.25, -0.2) is 4.39 Å². The van der Waals surface area contributed by atoms with Crippen molar-refractivity contribution in [2.75, 3.05) is 33.2 Å². The van der Waals surface area contributed by atoms with Crippen molar-refractivity contribution in [1.82, 2.24) is 9.80 Å². The molecule has 6 heteroatoms. The lowest BCUT2D eigenvalue weighted by atomic mass is 9.91. The van der Waals surface area contributed by atoms with E-state index in [9.17, 15) is 14.0 Å². The first-order valence-corrected chi connectivity index (χ1v) is 7.19. The zero-order valence-corrected chi connectivity index (χ0v) is 12.0. The van der Waals surface area contributed by atoms with Gasteiger partial charge in [-0.3, -0.25) is 14.6 Å². The molecular weight excluding hydrogens is 273 g/mol. The second-order valence-electron chi connectivity index (χ2n) is 5.72. The first-order valence-electron chi connectivity index (χ1n) is 7.19. The molecule has 0 spiro atoms. The number of ketones is 1. The summed E-state index contributed by atoms with van der Waals surface area (Å²) >= 11 is 0. The van der Waals surface area contributed by atoms with Gasteiger partial charge >= 0.3 is 0 Å². The molecule has 1 saturated heterocycles. The average molecular weight is 291 g/mol. The maximum absolute atomic E-state index is 13.2. The van der Waals surface area contributed by atoms with E-state index in [1.165, 1.54) is 12.3 Å².